The fourth-order valence-electron chi connectivity index (χ4n) is 2.36. The van der Waals surface area contributed by atoms with Gasteiger partial charge in [-0.3, -0.25) is 9.69 Å². The summed E-state index contributed by atoms with van der Waals surface area (Å²) in [5.74, 6) is 0.178. The van der Waals surface area contributed by atoms with Crippen LogP contribution >= 0.6 is 27.3 Å². The number of benzene rings is 1. The number of furan rings is 1. The molecule has 0 atom stereocenters. The minimum Gasteiger partial charge on any atom is -1.00 e. The maximum absolute atomic E-state index is 12.8. The number of hydrogen-bond acceptors (Lipinski definition) is 5. The van der Waals surface area contributed by atoms with Crippen LogP contribution in [-0.2, 0) is 0 Å². The summed E-state index contributed by atoms with van der Waals surface area (Å²) in [6, 6.07) is 9.34. The molecule has 1 amide bonds. The van der Waals surface area contributed by atoms with Crippen LogP contribution in [0.4, 0.5) is 5.13 Å². The number of carbonyl (C=O) groups excluding carboxylic acids is 1. The highest BCUT2D eigenvalue weighted by Crippen LogP contribution is 2.31. The SMILES string of the molecule is CN(C)CCCN(C(=O)c1ccco1)c1nc2ccc(Br)cc2s1.[Cl-]. The van der Waals surface area contributed by atoms with Crippen molar-refractivity contribution in [1.82, 2.24) is 9.88 Å². The van der Waals surface area contributed by atoms with Crippen LogP contribution in [0.2, 0.25) is 0 Å². The molecule has 0 unspecified atom stereocenters. The highest BCUT2D eigenvalue weighted by molar-refractivity contribution is 9.10. The summed E-state index contributed by atoms with van der Waals surface area (Å²) in [7, 11) is 4.04. The summed E-state index contributed by atoms with van der Waals surface area (Å²) < 4.78 is 7.33. The van der Waals surface area contributed by atoms with Crippen LogP contribution in [0.15, 0.2) is 45.5 Å². The first-order chi connectivity index (χ1) is 11.5. The normalized spacial score (nSPS) is 10.9. The molecule has 0 saturated heterocycles. The first-order valence-electron chi connectivity index (χ1n) is 7.61. The average molecular weight is 444 g/mol. The van der Waals surface area contributed by atoms with E-state index in [-0.39, 0.29) is 18.3 Å². The Morgan fingerprint density at radius 2 is 2.08 bits per heavy atom. The van der Waals surface area contributed by atoms with E-state index in [1.807, 2.05) is 32.3 Å². The number of hydrogen-bond donors (Lipinski definition) is 0. The highest BCUT2D eigenvalue weighted by Gasteiger charge is 2.23. The van der Waals surface area contributed by atoms with Crippen LogP contribution in [0.1, 0.15) is 17.0 Å². The molecular weight excluding hydrogens is 426 g/mol. The van der Waals surface area contributed by atoms with E-state index in [0.29, 0.717) is 17.4 Å². The molecule has 3 rings (SSSR count). The van der Waals surface area contributed by atoms with Crippen LogP contribution in [0.3, 0.4) is 0 Å². The van der Waals surface area contributed by atoms with Crippen molar-refractivity contribution in [3.05, 3.63) is 46.8 Å². The van der Waals surface area contributed by atoms with Gasteiger partial charge in [-0.25, -0.2) is 4.98 Å². The number of thiazole rings is 1. The lowest BCUT2D eigenvalue weighted by Gasteiger charge is -2.19. The largest absolute Gasteiger partial charge is 1.00 e. The van der Waals surface area contributed by atoms with E-state index in [4.69, 9.17) is 4.42 Å². The van der Waals surface area contributed by atoms with Gasteiger partial charge < -0.3 is 21.7 Å². The monoisotopic (exact) mass is 442 g/mol. The van der Waals surface area contributed by atoms with Crippen molar-refractivity contribution in [3.8, 4) is 0 Å². The molecule has 1 aromatic carbocycles. The second-order valence-corrected chi connectivity index (χ2v) is 7.62. The molecule has 0 aliphatic carbocycles. The minimum absolute atomic E-state index is 0. The fourth-order valence-corrected chi connectivity index (χ4v) is 3.91. The summed E-state index contributed by atoms with van der Waals surface area (Å²) in [4.78, 5) is 21.2. The lowest BCUT2D eigenvalue weighted by molar-refractivity contribution is -0.0000125. The van der Waals surface area contributed by atoms with Gasteiger partial charge in [-0.05, 0) is 57.4 Å². The van der Waals surface area contributed by atoms with Gasteiger partial charge in [-0.2, -0.15) is 0 Å². The standard InChI is InChI=1S/C17H18BrN3O2S.ClH/c1-20(2)8-4-9-21(16(22)14-5-3-10-23-14)17-19-13-7-6-12(18)11-15(13)24-17;/h3,5-7,10-11H,4,8-9H2,1-2H3;1H/p-1. The number of halogens is 2. The van der Waals surface area contributed by atoms with Crippen molar-refractivity contribution in [2.24, 2.45) is 0 Å². The Morgan fingerprint density at radius 3 is 2.76 bits per heavy atom. The number of rotatable bonds is 6. The third-order valence-electron chi connectivity index (χ3n) is 3.53. The van der Waals surface area contributed by atoms with Gasteiger partial charge in [0.1, 0.15) is 0 Å². The average Bonchev–Trinajstić information content (AvgIpc) is 3.19. The predicted molar refractivity (Wildman–Crippen MR) is 101 cm³/mol. The van der Waals surface area contributed by atoms with Crippen LogP contribution < -0.4 is 17.3 Å². The number of anilines is 1. The first-order valence-corrected chi connectivity index (χ1v) is 9.22. The smallest absolute Gasteiger partial charge is 0.295 e. The van der Waals surface area contributed by atoms with Gasteiger partial charge >= 0.3 is 0 Å². The second kappa shape index (κ2) is 8.80. The number of nitrogens with zero attached hydrogens (tertiary/aromatic N) is 3. The Morgan fingerprint density at radius 1 is 1.28 bits per heavy atom. The van der Waals surface area contributed by atoms with Gasteiger partial charge in [-0.1, -0.05) is 27.3 Å². The van der Waals surface area contributed by atoms with Gasteiger partial charge in [0.2, 0.25) is 0 Å². The Hall–Kier alpha value is -1.41. The molecule has 0 aliphatic heterocycles. The van der Waals surface area contributed by atoms with Gasteiger partial charge in [0, 0.05) is 11.0 Å². The molecule has 25 heavy (non-hydrogen) atoms. The maximum Gasteiger partial charge on any atom is 0.295 e. The van der Waals surface area contributed by atoms with Crippen LogP contribution in [0, 0.1) is 0 Å². The summed E-state index contributed by atoms with van der Waals surface area (Å²) in [5, 5.41) is 0.697. The molecule has 5 nitrogen and oxygen atoms in total. The third kappa shape index (κ3) is 4.82. The van der Waals surface area contributed by atoms with Crippen LogP contribution in [-0.4, -0.2) is 43.0 Å². The number of aromatic nitrogens is 1. The van der Waals surface area contributed by atoms with Crippen molar-refractivity contribution < 1.29 is 21.6 Å². The molecule has 0 saturated carbocycles. The Labute approximate surface area is 165 Å². The molecule has 0 radical (unpaired) electrons. The molecule has 134 valence electrons. The van der Waals surface area contributed by atoms with Crippen molar-refractivity contribution in [3.63, 3.8) is 0 Å². The van der Waals surface area contributed by atoms with E-state index in [9.17, 15) is 4.79 Å². The summed E-state index contributed by atoms with van der Waals surface area (Å²) in [5.41, 5.74) is 0.892. The minimum atomic E-state index is -0.156. The molecular formula is C17H18BrClN3O2S-. The van der Waals surface area contributed by atoms with Gasteiger partial charge in [0.15, 0.2) is 10.9 Å². The van der Waals surface area contributed by atoms with E-state index in [1.54, 1.807) is 17.0 Å². The molecule has 0 N–H and O–H groups in total. The van der Waals surface area contributed by atoms with Crippen LogP contribution in [0.25, 0.3) is 10.2 Å². The summed E-state index contributed by atoms with van der Waals surface area (Å²) in [6.45, 7) is 1.50. The number of fused-ring (bicyclic) bond motifs is 1. The zero-order valence-corrected chi connectivity index (χ0v) is 17.1. The van der Waals surface area contributed by atoms with Gasteiger partial charge in [-0.15, -0.1) is 0 Å². The Bertz CT molecular complexity index is 836. The molecule has 2 heterocycles. The molecule has 3 aromatic rings. The summed E-state index contributed by atoms with van der Waals surface area (Å²) in [6.07, 6.45) is 2.37. The van der Waals surface area contributed by atoms with E-state index in [0.717, 1.165) is 27.7 Å². The Kier molecular flexibility index (Phi) is 7.01. The molecule has 8 heteroatoms. The quantitative estimate of drug-likeness (QED) is 0.575. The van der Waals surface area contributed by atoms with Gasteiger partial charge in [0.25, 0.3) is 5.91 Å². The fraction of sp³-hybridized carbons (Fsp3) is 0.294. The van der Waals surface area contributed by atoms with Gasteiger partial charge in [0.05, 0.1) is 16.5 Å². The van der Waals surface area contributed by atoms with Crippen molar-refractivity contribution in [2.75, 3.05) is 32.1 Å². The second-order valence-electron chi connectivity index (χ2n) is 5.70. The molecule has 0 aliphatic rings. The van der Waals surface area contributed by atoms with E-state index >= 15 is 0 Å². The van der Waals surface area contributed by atoms with E-state index < -0.39 is 0 Å². The molecule has 2 aromatic heterocycles. The topological polar surface area (TPSA) is 49.6 Å². The van der Waals surface area contributed by atoms with Crippen molar-refractivity contribution in [1.29, 1.82) is 0 Å². The number of amides is 1. The number of carbonyl (C=O) groups is 1. The molecule has 0 fully saturated rings. The first kappa shape index (κ1) is 19.9. The van der Waals surface area contributed by atoms with Crippen molar-refractivity contribution in [2.45, 2.75) is 6.42 Å². The van der Waals surface area contributed by atoms with E-state index in [2.05, 4.69) is 25.8 Å². The highest BCUT2D eigenvalue weighted by atomic mass is 79.9. The lowest BCUT2D eigenvalue weighted by Crippen LogP contribution is -3.00. The molecule has 0 spiro atoms. The summed E-state index contributed by atoms with van der Waals surface area (Å²) >= 11 is 4.99. The zero-order chi connectivity index (χ0) is 17.1. The van der Waals surface area contributed by atoms with Crippen LogP contribution in [0.5, 0.6) is 0 Å². The third-order valence-corrected chi connectivity index (χ3v) is 5.07. The van der Waals surface area contributed by atoms with Crippen molar-refractivity contribution >= 4 is 48.5 Å². The lowest BCUT2D eigenvalue weighted by atomic mass is 10.3. The predicted octanol–water partition coefficient (Wildman–Crippen LogP) is 1.25. The molecule has 0 bridgehead atoms. The maximum atomic E-state index is 12.8. The zero-order valence-electron chi connectivity index (χ0n) is 13.9. The van der Waals surface area contributed by atoms with E-state index in [1.165, 1.54) is 17.6 Å². The Balaban J connectivity index is 0.00000225.